The molecule has 2 aromatic rings. The minimum Gasteiger partial charge on any atom is -0.384 e. The molecule has 0 spiro atoms. The first-order valence-corrected chi connectivity index (χ1v) is 6.71. The van der Waals surface area contributed by atoms with Crippen LogP contribution in [0.3, 0.4) is 0 Å². The second-order valence-electron chi connectivity index (χ2n) is 5.29. The number of hydrogen-bond donors (Lipinski definition) is 1. The van der Waals surface area contributed by atoms with Gasteiger partial charge in [-0.2, -0.15) is 0 Å². The van der Waals surface area contributed by atoms with Gasteiger partial charge in [0, 0.05) is 0 Å². The van der Waals surface area contributed by atoms with E-state index in [9.17, 15) is 9.50 Å². The van der Waals surface area contributed by atoms with Gasteiger partial charge in [-0.3, -0.25) is 0 Å². The summed E-state index contributed by atoms with van der Waals surface area (Å²) in [6, 6.07) is 10.7. The molecule has 0 amide bonds. The second kappa shape index (κ2) is 4.78. The fourth-order valence-electron chi connectivity index (χ4n) is 2.89. The summed E-state index contributed by atoms with van der Waals surface area (Å²) in [6.07, 6.45) is 2.76. The van der Waals surface area contributed by atoms with Crippen molar-refractivity contribution in [2.45, 2.75) is 32.3 Å². The molecule has 1 aliphatic rings. The monoisotopic (exact) mass is 256 g/mol. The maximum absolute atomic E-state index is 13.1. The molecule has 1 N–H and O–H groups in total. The molecule has 0 saturated heterocycles. The summed E-state index contributed by atoms with van der Waals surface area (Å²) in [5.41, 5.74) is 5.20. The molecule has 1 unspecified atom stereocenters. The van der Waals surface area contributed by atoms with Crippen molar-refractivity contribution in [3.8, 4) is 0 Å². The van der Waals surface area contributed by atoms with E-state index >= 15 is 0 Å². The summed E-state index contributed by atoms with van der Waals surface area (Å²) in [7, 11) is 0. The van der Waals surface area contributed by atoms with Gasteiger partial charge >= 0.3 is 0 Å². The highest BCUT2D eigenvalue weighted by Gasteiger charge is 2.17. The standard InChI is InChI=1S/C17H17FO/c1-11-9-15(18)7-8-16(11)17(19)14-6-5-12-3-2-4-13(12)10-14/h5-10,17,19H,2-4H2,1H3. The highest BCUT2D eigenvalue weighted by atomic mass is 19.1. The Morgan fingerprint density at radius 3 is 2.63 bits per heavy atom. The van der Waals surface area contributed by atoms with Gasteiger partial charge in [0.25, 0.3) is 0 Å². The van der Waals surface area contributed by atoms with Crippen LogP contribution in [0.25, 0.3) is 0 Å². The predicted molar refractivity (Wildman–Crippen MR) is 73.7 cm³/mol. The number of aliphatic hydroxyl groups excluding tert-OH is 1. The van der Waals surface area contributed by atoms with Crippen LogP contribution < -0.4 is 0 Å². The van der Waals surface area contributed by atoms with Crippen molar-refractivity contribution in [2.75, 3.05) is 0 Å². The van der Waals surface area contributed by atoms with E-state index in [4.69, 9.17) is 0 Å². The molecule has 0 heterocycles. The number of rotatable bonds is 2. The molecule has 19 heavy (non-hydrogen) atoms. The highest BCUT2D eigenvalue weighted by Crippen LogP contribution is 2.29. The van der Waals surface area contributed by atoms with Gasteiger partial charge in [0.05, 0.1) is 0 Å². The summed E-state index contributed by atoms with van der Waals surface area (Å²) in [5, 5.41) is 10.5. The van der Waals surface area contributed by atoms with E-state index in [-0.39, 0.29) is 5.82 Å². The van der Waals surface area contributed by atoms with Crippen molar-refractivity contribution in [1.82, 2.24) is 0 Å². The zero-order valence-electron chi connectivity index (χ0n) is 11.0. The molecule has 2 heteroatoms. The first kappa shape index (κ1) is 12.4. The number of benzene rings is 2. The van der Waals surface area contributed by atoms with Gasteiger partial charge in [0.15, 0.2) is 0 Å². The largest absolute Gasteiger partial charge is 0.384 e. The van der Waals surface area contributed by atoms with E-state index < -0.39 is 6.10 Å². The van der Waals surface area contributed by atoms with Crippen LogP contribution in [0.4, 0.5) is 4.39 Å². The van der Waals surface area contributed by atoms with Gasteiger partial charge in [0.2, 0.25) is 0 Å². The van der Waals surface area contributed by atoms with Gasteiger partial charge in [-0.25, -0.2) is 4.39 Å². The minimum atomic E-state index is -0.675. The molecule has 0 saturated carbocycles. The van der Waals surface area contributed by atoms with Crippen LogP contribution in [0.2, 0.25) is 0 Å². The molecular weight excluding hydrogens is 239 g/mol. The van der Waals surface area contributed by atoms with Gasteiger partial charge in [-0.05, 0) is 66.1 Å². The zero-order chi connectivity index (χ0) is 13.4. The SMILES string of the molecule is Cc1cc(F)ccc1C(O)c1ccc2c(c1)CCC2. The Morgan fingerprint density at radius 1 is 1.05 bits per heavy atom. The fraction of sp³-hybridized carbons (Fsp3) is 0.294. The number of halogens is 1. The van der Waals surface area contributed by atoms with Gasteiger partial charge < -0.3 is 5.11 Å². The third-order valence-corrected chi connectivity index (χ3v) is 3.96. The van der Waals surface area contributed by atoms with Crippen molar-refractivity contribution < 1.29 is 9.50 Å². The van der Waals surface area contributed by atoms with Crippen LogP contribution in [0, 0.1) is 12.7 Å². The number of aryl methyl sites for hydroxylation is 3. The molecule has 0 fully saturated rings. The summed E-state index contributed by atoms with van der Waals surface area (Å²) in [6.45, 7) is 1.83. The third-order valence-electron chi connectivity index (χ3n) is 3.96. The van der Waals surface area contributed by atoms with E-state index in [1.165, 1.54) is 29.7 Å². The molecule has 3 rings (SSSR count). The van der Waals surface area contributed by atoms with Crippen LogP contribution in [0.5, 0.6) is 0 Å². The van der Waals surface area contributed by atoms with Crippen LogP contribution in [0.1, 0.15) is 40.3 Å². The second-order valence-corrected chi connectivity index (χ2v) is 5.29. The maximum atomic E-state index is 13.1. The van der Waals surface area contributed by atoms with Crippen LogP contribution in [-0.4, -0.2) is 5.11 Å². The number of aliphatic hydroxyl groups is 1. The van der Waals surface area contributed by atoms with E-state index in [1.807, 2.05) is 13.0 Å². The van der Waals surface area contributed by atoms with Gasteiger partial charge in [-0.15, -0.1) is 0 Å². The maximum Gasteiger partial charge on any atom is 0.123 e. The lowest BCUT2D eigenvalue weighted by atomic mass is 9.95. The van der Waals surface area contributed by atoms with Crippen molar-refractivity contribution in [1.29, 1.82) is 0 Å². The van der Waals surface area contributed by atoms with E-state index in [0.29, 0.717) is 0 Å². The predicted octanol–water partition coefficient (Wildman–Crippen LogP) is 3.70. The van der Waals surface area contributed by atoms with Crippen LogP contribution >= 0.6 is 0 Å². The Balaban J connectivity index is 1.97. The third kappa shape index (κ3) is 2.28. The molecule has 1 nitrogen and oxygen atoms in total. The first-order valence-electron chi connectivity index (χ1n) is 6.71. The van der Waals surface area contributed by atoms with Gasteiger partial charge in [0.1, 0.15) is 11.9 Å². The van der Waals surface area contributed by atoms with Crippen molar-refractivity contribution >= 4 is 0 Å². The molecule has 0 bridgehead atoms. The number of hydrogen-bond acceptors (Lipinski definition) is 1. The Labute approximate surface area is 112 Å². The normalized spacial score (nSPS) is 15.3. The molecule has 1 aliphatic carbocycles. The lowest BCUT2D eigenvalue weighted by Gasteiger charge is -2.15. The average Bonchev–Trinajstić information content (AvgIpc) is 2.85. The molecule has 0 radical (unpaired) electrons. The zero-order valence-corrected chi connectivity index (χ0v) is 11.0. The Hall–Kier alpha value is -1.67. The fourth-order valence-corrected chi connectivity index (χ4v) is 2.89. The quantitative estimate of drug-likeness (QED) is 0.868. The summed E-state index contributed by atoms with van der Waals surface area (Å²) in [5.74, 6) is -0.262. The summed E-state index contributed by atoms with van der Waals surface area (Å²) in [4.78, 5) is 0. The Morgan fingerprint density at radius 2 is 1.84 bits per heavy atom. The highest BCUT2D eigenvalue weighted by molar-refractivity contribution is 5.41. The molecule has 1 atom stereocenters. The smallest absolute Gasteiger partial charge is 0.123 e. The van der Waals surface area contributed by atoms with Crippen molar-refractivity contribution in [3.05, 3.63) is 70.0 Å². The van der Waals surface area contributed by atoms with E-state index in [0.717, 1.165) is 29.5 Å². The topological polar surface area (TPSA) is 20.2 Å². The van der Waals surface area contributed by atoms with Crippen LogP contribution in [-0.2, 0) is 12.8 Å². The van der Waals surface area contributed by atoms with Crippen molar-refractivity contribution in [2.24, 2.45) is 0 Å². The summed E-state index contributed by atoms with van der Waals surface area (Å²) < 4.78 is 13.1. The molecule has 98 valence electrons. The Bertz CT molecular complexity index is 619. The van der Waals surface area contributed by atoms with Gasteiger partial charge in [-0.1, -0.05) is 24.3 Å². The Kier molecular flexibility index (Phi) is 3.11. The average molecular weight is 256 g/mol. The minimum absolute atomic E-state index is 0.262. The lowest BCUT2D eigenvalue weighted by Crippen LogP contribution is -2.03. The van der Waals surface area contributed by atoms with Crippen LogP contribution in [0.15, 0.2) is 36.4 Å². The lowest BCUT2D eigenvalue weighted by molar-refractivity contribution is 0.219. The van der Waals surface area contributed by atoms with E-state index in [1.54, 1.807) is 6.07 Å². The molecule has 0 aromatic heterocycles. The first-order chi connectivity index (χ1) is 9.15. The van der Waals surface area contributed by atoms with Crippen molar-refractivity contribution in [3.63, 3.8) is 0 Å². The molecular formula is C17H17FO. The molecule has 2 aromatic carbocycles. The number of fused-ring (bicyclic) bond motifs is 1. The molecule has 0 aliphatic heterocycles. The summed E-state index contributed by atoms with van der Waals surface area (Å²) >= 11 is 0. The van der Waals surface area contributed by atoms with E-state index in [2.05, 4.69) is 12.1 Å².